The SMILES string of the molecule is CCC(=O)OC1CCC2C3CCc4cc(O[Si](C)(C)C)ccc4C3CCC12C. The van der Waals surface area contributed by atoms with Gasteiger partial charge >= 0.3 is 5.97 Å². The molecule has 28 heavy (non-hydrogen) atoms. The molecule has 2 saturated carbocycles. The van der Waals surface area contributed by atoms with E-state index in [0.29, 0.717) is 18.3 Å². The van der Waals surface area contributed by atoms with E-state index >= 15 is 0 Å². The number of carbonyl (C=O) groups is 1. The van der Waals surface area contributed by atoms with Gasteiger partial charge < -0.3 is 9.16 Å². The fraction of sp³-hybridized carbons (Fsp3) is 0.708. The molecule has 0 saturated heterocycles. The average molecular weight is 401 g/mol. The number of hydrogen-bond donors (Lipinski definition) is 0. The van der Waals surface area contributed by atoms with Crippen molar-refractivity contribution < 1.29 is 14.0 Å². The van der Waals surface area contributed by atoms with Gasteiger partial charge in [0.15, 0.2) is 0 Å². The zero-order valence-corrected chi connectivity index (χ0v) is 19.2. The molecule has 0 bridgehead atoms. The summed E-state index contributed by atoms with van der Waals surface area (Å²) in [5.41, 5.74) is 3.24. The predicted octanol–water partition coefficient (Wildman–Crippen LogP) is 6.08. The summed E-state index contributed by atoms with van der Waals surface area (Å²) < 4.78 is 12.1. The number of hydrogen-bond acceptors (Lipinski definition) is 3. The van der Waals surface area contributed by atoms with Crippen LogP contribution >= 0.6 is 0 Å². The van der Waals surface area contributed by atoms with Crippen molar-refractivity contribution in [3.8, 4) is 5.75 Å². The largest absolute Gasteiger partial charge is 0.544 e. The number of fused-ring (bicyclic) bond motifs is 5. The van der Waals surface area contributed by atoms with Gasteiger partial charge in [-0.15, -0.1) is 0 Å². The summed E-state index contributed by atoms with van der Waals surface area (Å²) in [7, 11) is -1.57. The zero-order chi connectivity index (χ0) is 20.1. The van der Waals surface area contributed by atoms with Gasteiger partial charge in [0.1, 0.15) is 11.9 Å². The summed E-state index contributed by atoms with van der Waals surface area (Å²) in [5, 5.41) is 0. The number of rotatable bonds is 4. The quantitative estimate of drug-likeness (QED) is 0.454. The lowest BCUT2D eigenvalue weighted by Gasteiger charge is -2.50. The van der Waals surface area contributed by atoms with Crippen LogP contribution in [0, 0.1) is 17.3 Å². The molecule has 0 amide bonds. The summed E-state index contributed by atoms with van der Waals surface area (Å²) in [6.07, 6.45) is 7.69. The highest BCUT2D eigenvalue weighted by atomic mass is 28.4. The molecule has 3 aliphatic rings. The zero-order valence-electron chi connectivity index (χ0n) is 18.2. The van der Waals surface area contributed by atoms with Crippen LogP contribution in [0.4, 0.5) is 0 Å². The summed E-state index contributed by atoms with van der Waals surface area (Å²) in [4.78, 5) is 11.9. The lowest BCUT2D eigenvalue weighted by atomic mass is 9.55. The topological polar surface area (TPSA) is 35.5 Å². The third kappa shape index (κ3) is 3.53. The van der Waals surface area contributed by atoms with Crippen LogP contribution < -0.4 is 4.43 Å². The van der Waals surface area contributed by atoms with E-state index in [9.17, 15) is 4.79 Å². The van der Waals surface area contributed by atoms with Crippen molar-refractivity contribution >= 4 is 14.3 Å². The fourth-order valence-electron chi connectivity index (χ4n) is 6.36. The molecule has 0 aliphatic heterocycles. The lowest BCUT2D eigenvalue weighted by molar-refractivity contribution is -0.157. The Bertz CT molecular complexity index is 753. The Labute approximate surface area is 171 Å². The summed E-state index contributed by atoms with van der Waals surface area (Å²) in [5.74, 6) is 3.12. The molecular formula is C24H36O3Si. The van der Waals surface area contributed by atoms with Crippen LogP contribution in [-0.2, 0) is 16.0 Å². The molecule has 0 aromatic heterocycles. The minimum absolute atomic E-state index is 0.0297. The molecule has 0 N–H and O–H groups in total. The first-order valence-electron chi connectivity index (χ1n) is 11.2. The minimum atomic E-state index is -1.57. The number of ether oxygens (including phenoxy) is 1. The number of esters is 1. The third-order valence-electron chi connectivity index (χ3n) is 7.60. The number of aryl methyl sites for hydroxylation is 1. The molecule has 5 unspecified atom stereocenters. The number of carbonyl (C=O) groups excluding carboxylic acids is 1. The van der Waals surface area contributed by atoms with Crippen molar-refractivity contribution in [2.75, 3.05) is 0 Å². The average Bonchev–Trinajstić information content (AvgIpc) is 2.96. The minimum Gasteiger partial charge on any atom is -0.544 e. The Kier molecular flexibility index (Phi) is 5.14. The molecule has 3 aliphatic carbocycles. The molecule has 0 radical (unpaired) electrons. The molecular weight excluding hydrogens is 364 g/mol. The summed E-state index contributed by atoms with van der Waals surface area (Å²) in [6.45, 7) is 11.0. The second kappa shape index (κ2) is 7.19. The lowest BCUT2D eigenvalue weighted by Crippen LogP contribution is -2.45. The van der Waals surface area contributed by atoms with Gasteiger partial charge in [0.2, 0.25) is 8.32 Å². The smallest absolute Gasteiger partial charge is 0.305 e. The molecule has 3 nitrogen and oxygen atoms in total. The number of benzene rings is 1. The highest BCUT2D eigenvalue weighted by molar-refractivity contribution is 6.70. The highest BCUT2D eigenvalue weighted by Crippen LogP contribution is 2.61. The molecule has 154 valence electrons. The molecule has 4 rings (SSSR count). The van der Waals surface area contributed by atoms with E-state index in [1.165, 1.54) is 31.2 Å². The predicted molar refractivity (Wildman–Crippen MR) is 115 cm³/mol. The molecule has 1 aromatic rings. The van der Waals surface area contributed by atoms with Crippen molar-refractivity contribution in [3.63, 3.8) is 0 Å². The Morgan fingerprint density at radius 3 is 2.68 bits per heavy atom. The van der Waals surface area contributed by atoms with Crippen molar-refractivity contribution in [3.05, 3.63) is 29.3 Å². The molecule has 1 aromatic carbocycles. The van der Waals surface area contributed by atoms with Gasteiger partial charge in [0.05, 0.1) is 0 Å². The van der Waals surface area contributed by atoms with Gasteiger partial charge in [0, 0.05) is 11.8 Å². The summed E-state index contributed by atoms with van der Waals surface area (Å²) in [6, 6.07) is 6.87. The van der Waals surface area contributed by atoms with Crippen LogP contribution in [0.15, 0.2) is 18.2 Å². The van der Waals surface area contributed by atoms with Crippen LogP contribution in [0.2, 0.25) is 19.6 Å². The van der Waals surface area contributed by atoms with E-state index in [4.69, 9.17) is 9.16 Å². The normalized spacial score (nSPS) is 34.2. The van der Waals surface area contributed by atoms with Crippen LogP contribution in [-0.4, -0.2) is 20.4 Å². The third-order valence-corrected chi connectivity index (χ3v) is 8.45. The van der Waals surface area contributed by atoms with Gasteiger partial charge in [-0.2, -0.15) is 0 Å². The van der Waals surface area contributed by atoms with E-state index in [2.05, 4.69) is 44.8 Å². The van der Waals surface area contributed by atoms with E-state index in [0.717, 1.165) is 24.5 Å². The van der Waals surface area contributed by atoms with E-state index in [-0.39, 0.29) is 17.5 Å². The van der Waals surface area contributed by atoms with E-state index in [1.807, 2.05) is 6.92 Å². The first-order valence-corrected chi connectivity index (χ1v) is 14.6. The molecule has 4 heteroatoms. The van der Waals surface area contributed by atoms with Crippen molar-refractivity contribution in [1.29, 1.82) is 0 Å². The van der Waals surface area contributed by atoms with Gasteiger partial charge in [-0.1, -0.05) is 19.9 Å². The summed E-state index contributed by atoms with van der Waals surface area (Å²) >= 11 is 0. The van der Waals surface area contributed by atoms with Gasteiger partial charge in [-0.05, 0) is 99.2 Å². The van der Waals surface area contributed by atoms with Gasteiger partial charge in [0.25, 0.3) is 0 Å². The van der Waals surface area contributed by atoms with Gasteiger partial charge in [-0.25, -0.2) is 0 Å². The molecule has 0 heterocycles. The standard InChI is InChI=1S/C24H36O3Si/c1-6-23(25)26-22-12-11-21-20-9-7-16-15-17(27-28(3,4)5)8-10-18(16)19(20)13-14-24(21,22)2/h8,10,15,19-22H,6-7,9,11-14H2,1-5H3. The van der Waals surface area contributed by atoms with Crippen LogP contribution in [0.1, 0.15) is 69.4 Å². The van der Waals surface area contributed by atoms with Crippen molar-refractivity contribution in [1.82, 2.24) is 0 Å². The Morgan fingerprint density at radius 1 is 1.18 bits per heavy atom. The second-order valence-corrected chi connectivity index (χ2v) is 14.9. The second-order valence-electron chi connectivity index (χ2n) is 10.4. The highest BCUT2D eigenvalue weighted by Gasteiger charge is 2.56. The van der Waals surface area contributed by atoms with Crippen LogP contribution in [0.5, 0.6) is 5.75 Å². The maximum Gasteiger partial charge on any atom is 0.305 e. The Morgan fingerprint density at radius 2 is 1.96 bits per heavy atom. The first-order chi connectivity index (χ1) is 13.2. The first kappa shape index (κ1) is 20.0. The molecule has 0 spiro atoms. The van der Waals surface area contributed by atoms with Crippen molar-refractivity contribution in [2.45, 2.75) is 90.5 Å². The Balaban J connectivity index is 1.55. The van der Waals surface area contributed by atoms with E-state index < -0.39 is 8.32 Å². The van der Waals surface area contributed by atoms with Crippen LogP contribution in [0.25, 0.3) is 0 Å². The fourth-order valence-corrected chi connectivity index (χ4v) is 7.20. The maximum absolute atomic E-state index is 11.9. The van der Waals surface area contributed by atoms with E-state index in [1.54, 1.807) is 5.56 Å². The monoisotopic (exact) mass is 400 g/mol. The molecule has 2 fully saturated rings. The maximum atomic E-state index is 11.9. The van der Waals surface area contributed by atoms with Crippen LogP contribution in [0.3, 0.4) is 0 Å². The molecule has 5 atom stereocenters. The van der Waals surface area contributed by atoms with Crippen molar-refractivity contribution in [2.24, 2.45) is 17.3 Å². The van der Waals surface area contributed by atoms with Gasteiger partial charge in [-0.3, -0.25) is 4.79 Å². The Hall–Kier alpha value is -1.29.